The average molecular weight is 553 g/mol. The lowest BCUT2D eigenvalue weighted by molar-refractivity contribution is -0.140. The molecule has 9 heteroatoms. The Bertz CT molecular complexity index is 1230. The largest absolute Gasteiger partial charge is 0.497 e. The van der Waals surface area contributed by atoms with Gasteiger partial charge in [0.2, 0.25) is 5.91 Å². The summed E-state index contributed by atoms with van der Waals surface area (Å²) in [6.45, 7) is 0.671. The van der Waals surface area contributed by atoms with Crippen molar-refractivity contribution in [2.75, 3.05) is 44.2 Å². The maximum atomic E-state index is 13.4. The zero-order valence-corrected chi connectivity index (χ0v) is 23.1. The van der Waals surface area contributed by atoms with E-state index < -0.39 is 0 Å². The third-order valence-electron chi connectivity index (χ3n) is 6.17. The van der Waals surface area contributed by atoms with Crippen LogP contribution in [0.1, 0.15) is 36.0 Å². The van der Waals surface area contributed by atoms with E-state index in [-0.39, 0.29) is 30.6 Å². The van der Waals surface area contributed by atoms with Gasteiger partial charge in [-0.2, -0.15) is 0 Å². The first-order valence-corrected chi connectivity index (χ1v) is 13.0. The van der Waals surface area contributed by atoms with Crippen molar-refractivity contribution in [3.05, 3.63) is 83.4 Å². The number of rotatable bonds is 13. The van der Waals surface area contributed by atoms with Crippen LogP contribution < -0.4 is 19.3 Å². The molecule has 206 valence electrons. The van der Waals surface area contributed by atoms with E-state index >= 15 is 0 Å². The molecular weight excluding hydrogens is 520 g/mol. The van der Waals surface area contributed by atoms with Crippen molar-refractivity contribution in [2.24, 2.45) is 0 Å². The third-order valence-corrected chi connectivity index (χ3v) is 6.42. The molecule has 3 rings (SSSR count). The van der Waals surface area contributed by atoms with Gasteiger partial charge in [-0.25, -0.2) is 0 Å². The van der Waals surface area contributed by atoms with Gasteiger partial charge in [-0.15, -0.1) is 0 Å². The molecular formula is C30H33ClN2O6. The summed E-state index contributed by atoms with van der Waals surface area (Å²) in [6, 6.07) is 21.1. The van der Waals surface area contributed by atoms with Crippen molar-refractivity contribution in [1.29, 1.82) is 0 Å². The molecule has 0 aliphatic rings. The maximum absolute atomic E-state index is 13.4. The van der Waals surface area contributed by atoms with Crippen molar-refractivity contribution < 1.29 is 28.6 Å². The molecule has 0 N–H and O–H groups in total. The monoisotopic (exact) mass is 552 g/mol. The van der Waals surface area contributed by atoms with Crippen molar-refractivity contribution in [2.45, 2.75) is 25.7 Å². The summed E-state index contributed by atoms with van der Waals surface area (Å²) >= 11 is 6.01. The molecule has 0 unspecified atom stereocenters. The molecule has 0 radical (unpaired) electrons. The summed E-state index contributed by atoms with van der Waals surface area (Å²) in [4.78, 5) is 41.7. The number of halogens is 1. The number of nitrogens with zero attached hydrogens (tertiary/aromatic N) is 2. The summed E-state index contributed by atoms with van der Waals surface area (Å²) in [6.07, 6.45) is 1.29. The normalized spacial score (nSPS) is 10.5. The fraction of sp³-hybridized carbons (Fsp3) is 0.300. The lowest BCUT2D eigenvalue weighted by Gasteiger charge is -2.25. The SMILES string of the molecule is COC(=O)CCCN(C(=O)CCCN(C(=O)c1ccc(Cl)cc1)c1ccc(OC)cc1)c1ccc(OC)cc1. The molecule has 0 spiro atoms. The number of methoxy groups -OCH3 is 3. The summed E-state index contributed by atoms with van der Waals surface area (Å²) in [5, 5.41) is 0.541. The van der Waals surface area contributed by atoms with Gasteiger partial charge < -0.3 is 24.0 Å². The lowest BCUT2D eigenvalue weighted by Crippen LogP contribution is -2.35. The fourth-order valence-electron chi connectivity index (χ4n) is 4.03. The molecule has 0 heterocycles. The van der Waals surface area contributed by atoms with Crippen LogP contribution >= 0.6 is 11.6 Å². The highest BCUT2D eigenvalue weighted by Crippen LogP contribution is 2.24. The lowest BCUT2D eigenvalue weighted by atomic mass is 10.1. The molecule has 39 heavy (non-hydrogen) atoms. The van der Waals surface area contributed by atoms with Gasteiger partial charge in [-0.05, 0) is 85.6 Å². The van der Waals surface area contributed by atoms with E-state index in [1.54, 1.807) is 72.6 Å². The molecule has 0 atom stereocenters. The summed E-state index contributed by atoms with van der Waals surface area (Å²) < 4.78 is 15.2. The third kappa shape index (κ3) is 8.48. The first-order valence-electron chi connectivity index (χ1n) is 12.6. The Morgan fingerprint density at radius 2 is 1.15 bits per heavy atom. The fourth-order valence-corrected chi connectivity index (χ4v) is 4.15. The Labute approximate surface area is 234 Å². The van der Waals surface area contributed by atoms with E-state index in [0.29, 0.717) is 59.4 Å². The first-order chi connectivity index (χ1) is 18.9. The molecule has 0 fully saturated rings. The van der Waals surface area contributed by atoms with Gasteiger partial charge in [0.15, 0.2) is 0 Å². The highest BCUT2D eigenvalue weighted by atomic mass is 35.5. The zero-order valence-electron chi connectivity index (χ0n) is 22.4. The van der Waals surface area contributed by atoms with Gasteiger partial charge in [0, 0.05) is 47.9 Å². The number of esters is 1. The molecule has 0 aliphatic carbocycles. The molecule has 0 aliphatic heterocycles. The van der Waals surface area contributed by atoms with Gasteiger partial charge in [0.25, 0.3) is 5.91 Å². The van der Waals surface area contributed by atoms with Gasteiger partial charge >= 0.3 is 5.97 Å². The Morgan fingerprint density at radius 1 is 0.667 bits per heavy atom. The van der Waals surface area contributed by atoms with E-state index in [2.05, 4.69) is 0 Å². The zero-order chi connectivity index (χ0) is 28.2. The minimum Gasteiger partial charge on any atom is -0.497 e. The van der Waals surface area contributed by atoms with Crippen LogP contribution in [0, 0.1) is 0 Å². The van der Waals surface area contributed by atoms with Crippen LogP contribution in [0.15, 0.2) is 72.8 Å². The number of ether oxygens (including phenoxy) is 3. The average Bonchev–Trinajstić information content (AvgIpc) is 2.97. The van der Waals surface area contributed by atoms with Crippen molar-refractivity contribution in [1.82, 2.24) is 0 Å². The van der Waals surface area contributed by atoms with Crippen molar-refractivity contribution >= 4 is 40.8 Å². The number of carbonyl (C=O) groups excluding carboxylic acids is 3. The summed E-state index contributed by atoms with van der Waals surface area (Å²) in [7, 11) is 4.50. The number of hydrogen-bond acceptors (Lipinski definition) is 6. The van der Waals surface area contributed by atoms with E-state index in [1.165, 1.54) is 7.11 Å². The van der Waals surface area contributed by atoms with E-state index in [4.69, 9.17) is 25.8 Å². The number of carbonyl (C=O) groups is 3. The van der Waals surface area contributed by atoms with Crippen molar-refractivity contribution in [3.8, 4) is 11.5 Å². The predicted octanol–water partition coefficient (Wildman–Crippen LogP) is 5.77. The topological polar surface area (TPSA) is 85.4 Å². The smallest absolute Gasteiger partial charge is 0.305 e. The van der Waals surface area contributed by atoms with Gasteiger partial charge in [0.05, 0.1) is 21.3 Å². The second-order valence-corrected chi connectivity index (χ2v) is 9.12. The number of hydrogen-bond donors (Lipinski definition) is 0. The minimum absolute atomic E-state index is 0.112. The highest BCUT2D eigenvalue weighted by Gasteiger charge is 2.21. The Hall–Kier alpha value is -4.04. The van der Waals surface area contributed by atoms with Crippen molar-refractivity contribution in [3.63, 3.8) is 0 Å². The molecule has 2 amide bonds. The second kappa shape index (κ2) is 14.8. The second-order valence-electron chi connectivity index (χ2n) is 8.69. The Balaban J connectivity index is 1.74. The molecule has 8 nitrogen and oxygen atoms in total. The number of anilines is 2. The van der Waals surface area contributed by atoms with Gasteiger partial charge in [-0.1, -0.05) is 11.6 Å². The van der Waals surface area contributed by atoms with E-state index in [9.17, 15) is 14.4 Å². The van der Waals surface area contributed by atoms with Gasteiger partial charge in [0.1, 0.15) is 11.5 Å². The molecule has 0 aromatic heterocycles. The molecule has 0 saturated carbocycles. The summed E-state index contributed by atoms with van der Waals surface area (Å²) in [5.41, 5.74) is 1.88. The quantitative estimate of drug-likeness (QED) is 0.250. The van der Waals surface area contributed by atoms with Crippen LogP contribution in [0.3, 0.4) is 0 Å². The molecule has 3 aromatic rings. The van der Waals surface area contributed by atoms with Crippen LogP contribution in [0.5, 0.6) is 11.5 Å². The van der Waals surface area contributed by atoms with Crippen LogP contribution in [-0.2, 0) is 14.3 Å². The van der Waals surface area contributed by atoms with Gasteiger partial charge in [-0.3, -0.25) is 14.4 Å². The first kappa shape index (κ1) is 29.5. The minimum atomic E-state index is -0.326. The number of benzene rings is 3. The van der Waals surface area contributed by atoms with Crippen LogP contribution in [-0.4, -0.2) is 52.2 Å². The Morgan fingerprint density at radius 3 is 1.67 bits per heavy atom. The van der Waals surface area contributed by atoms with Crippen LogP contribution in [0.2, 0.25) is 5.02 Å². The predicted molar refractivity (Wildman–Crippen MR) is 152 cm³/mol. The van der Waals surface area contributed by atoms with E-state index in [0.717, 1.165) is 0 Å². The summed E-state index contributed by atoms with van der Waals surface area (Å²) in [5.74, 6) is 0.715. The molecule has 0 saturated heterocycles. The maximum Gasteiger partial charge on any atom is 0.305 e. The van der Waals surface area contributed by atoms with Crippen LogP contribution in [0.4, 0.5) is 11.4 Å². The van der Waals surface area contributed by atoms with Crippen LogP contribution in [0.25, 0.3) is 0 Å². The number of amides is 2. The van der Waals surface area contributed by atoms with E-state index in [1.807, 2.05) is 24.3 Å². The molecule has 0 bridgehead atoms. The molecule has 3 aromatic carbocycles. The Kier molecular flexibility index (Phi) is 11.2. The highest BCUT2D eigenvalue weighted by molar-refractivity contribution is 6.30. The standard InChI is InChI=1S/C30H33ClN2O6/c1-37-26-16-12-24(13-17-26)32(20-5-7-29(35)39-3)28(34)6-4-21-33(25-14-18-27(38-2)19-15-25)30(36)22-8-10-23(31)11-9-22/h8-19H,4-7,20-21H2,1-3H3.